The van der Waals surface area contributed by atoms with Crippen LogP contribution in [0.4, 0.5) is 23.2 Å². The number of hydrogen-bond acceptors (Lipinski definition) is 3. The minimum atomic E-state index is -4.25. The Bertz CT molecular complexity index is 666. The second kappa shape index (κ2) is 5.88. The van der Waals surface area contributed by atoms with Crippen molar-refractivity contribution >= 4 is 33.0 Å². The number of nitrogens with one attached hydrogen (secondary N) is 1. The normalized spacial score (nSPS) is 11.8. The fourth-order valence-electron chi connectivity index (χ4n) is 1.87. The van der Waals surface area contributed by atoms with Crippen molar-refractivity contribution in [3.8, 4) is 0 Å². The van der Waals surface area contributed by atoms with Crippen LogP contribution in [-0.4, -0.2) is 18.6 Å². The highest BCUT2D eigenvalue weighted by atomic mass is 32.1. The maximum atomic E-state index is 13.6. The van der Waals surface area contributed by atoms with Gasteiger partial charge in [0.05, 0.1) is 11.1 Å². The molecule has 0 bridgehead atoms. The number of anilines is 1. The molecule has 0 unspecified atom stereocenters. The van der Waals surface area contributed by atoms with Gasteiger partial charge >= 0.3 is 6.18 Å². The average Bonchev–Trinajstić information content (AvgIpc) is 2.72. The molecule has 1 aromatic heterocycles. The molecule has 0 aliphatic rings. The molecule has 21 heavy (non-hydrogen) atoms. The number of alkyl halides is 3. The van der Waals surface area contributed by atoms with E-state index in [1.54, 1.807) is 6.07 Å². The van der Waals surface area contributed by atoms with Crippen molar-refractivity contribution in [1.29, 1.82) is 0 Å². The largest absolute Gasteiger partial charge is 0.397 e. The third-order valence-electron chi connectivity index (χ3n) is 2.83. The van der Waals surface area contributed by atoms with Crippen LogP contribution in [-0.2, 0) is 0 Å². The average molecular weight is 320 g/mol. The minimum Gasteiger partial charge on any atom is -0.397 e. The number of rotatable bonds is 4. The zero-order valence-corrected chi connectivity index (χ0v) is 11.6. The lowest BCUT2D eigenvalue weighted by Crippen LogP contribution is -2.25. The predicted molar refractivity (Wildman–Crippen MR) is 73.8 cm³/mol. The number of nitrogens with two attached hydrogens (primary N) is 1. The number of hydrogen-bond donors (Lipinski definition) is 2. The molecule has 3 N–H and O–H groups in total. The van der Waals surface area contributed by atoms with Gasteiger partial charge in [-0.1, -0.05) is 6.07 Å². The standard InChI is InChI=1S/C13H12F4N2OS/c14-7-3-1-4-8-9(7)10(18)11(21-8)12(20)19-6-2-5-13(15,16)17/h1,3-4H,2,5-6,18H2,(H,19,20). The number of thiophene rings is 1. The minimum absolute atomic E-state index is 0.0152. The lowest BCUT2D eigenvalue weighted by atomic mass is 10.2. The van der Waals surface area contributed by atoms with Crippen LogP contribution in [0.25, 0.3) is 10.1 Å². The summed E-state index contributed by atoms with van der Waals surface area (Å²) in [6.07, 6.45) is -5.43. The van der Waals surface area contributed by atoms with Crippen molar-refractivity contribution in [2.45, 2.75) is 19.0 Å². The number of carbonyl (C=O) groups is 1. The first-order valence-corrected chi connectivity index (χ1v) is 6.92. The van der Waals surface area contributed by atoms with E-state index in [2.05, 4.69) is 5.32 Å². The highest BCUT2D eigenvalue weighted by Gasteiger charge is 2.26. The molecule has 0 aliphatic heterocycles. The first-order chi connectivity index (χ1) is 9.79. The SMILES string of the molecule is Nc1c(C(=O)NCCCC(F)(F)F)sc2cccc(F)c12. The van der Waals surface area contributed by atoms with Gasteiger partial charge < -0.3 is 11.1 Å². The quantitative estimate of drug-likeness (QED) is 0.667. The molecular formula is C13H12F4N2OS. The molecule has 8 heteroatoms. The molecule has 0 fully saturated rings. The summed E-state index contributed by atoms with van der Waals surface area (Å²) in [6.45, 7) is -0.117. The summed E-state index contributed by atoms with van der Waals surface area (Å²) in [5, 5.41) is 2.53. The van der Waals surface area contributed by atoms with Crippen molar-refractivity contribution in [3.05, 3.63) is 28.9 Å². The molecule has 0 radical (unpaired) electrons. The summed E-state index contributed by atoms with van der Waals surface area (Å²) in [5.74, 6) is -1.12. The molecule has 114 valence electrons. The highest BCUT2D eigenvalue weighted by molar-refractivity contribution is 7.21. The van der Waals surface area contributed by atoms with E-state index >= 15 is 0 Å². The number of carbonyl (C=O) groups excluding carboxylic acids is 1. The Hall–Kier alpha value is -1.83. The van der Waals surface area contributed by atoms with E-state index in [4.69, 9.17) is 5.73 Å². The molecule has 0 saturated heterocycles. The second-order valence-corrected chi connectivity index (χ2v) is 5.48. The Balaban J connectivity index is 2.07. The van der Waals surface area contributed by atoms with Crippen molar-refractivity contribution < 1.29 is 22.4 Å². The first-order valence-electron chi connectivity index (χ1n) is 6.11. The Morgan fingerprint density at radius 2 is 2.05 bits per heavy atom. The van der Waals surface area contributed by atoms with Crippen molar-refractivity contribution in [2.24, 2.45) is 0 Å². The Kier molecular flexibility index (Phi) is 4.36. The van der Waals surface area contributed by atoms with Gasteiger partial charge in [-0.3, -0.25) is 4.79 Å². The molecular weight excluding hydrogens is 308 g/mol. The van der Waals surface area contributed by atoms with E-state index in [9.17, 15) is 22.4 Å². The Morgan fingerprint density at radius 3 is 2.67 bits per heavy atom. The third kappa shape index (κ3) is 3.63. The molecule has 1 amide bonds. The zero-order chi connectivity index (χ0) is 15.6. The van der Waals surface area contributed by atoms with Gasteiger partial charge in [0.25, 0.3) is 5.91 Å². The Morgan fingerprint density at radius 1 is 1.33 bits per heavy atom. The lowest BCUT2D eigenvalue weighted by Gasteiger charge is -2.07. The van der Waals surface area contributed by atoms with Gasteiger partial charge in [-0.15, -0.1) is 11.3 Å². The van der Waals surface area contributed by atoms with E-state index in [0.29, 0.717) is 4.70 Å². The molecule has 0 aliphatic carbocycles. The summed E-state index contributed by atoms with van der Waals surface area (Å²) in [6, 6.07) is 4.36. The molecule has 3 nitrogen and oxygen atoms in total. The van der Waals surface area contributed by atoms with Gasteiger partial charge in [0.1, 0.15) is 10.7 Å². The van der Waals surface area contributed by atoms with E-state index < -0.39 is 24.3 Å². The maximum Gasteiger partial charge on any atom is 0.389 e. The number of nitrogen functional groups attached to an aromatic ring is 1. The van der Waals surface area contributed by atoms with Crippen molar-refractivity contribution in [2.75, 3.05) is 12.3 Å². The van der Waals surface area contributed by atoms with Crippen molar-refractivity contribution in [1.82, 2.24) is 5.32 Å². The van der Waals surface area contributed by atoms with Crippen LogP contribution < -0.4 is 11.1 Å². The van der Waals surface area contributed by atoms with Gasteiger partial charge in [-0.2, -0.15) is 13.2 Å². The van der Waals surface area contributed by atoms with Crippen LogP contribution >= 0.6 is 11.3 Å². The van der Waals surface area contributed by atoms with Gasteiger partial charge in [0.15, 0.2) is 0 Å². The van der Waals surface area contributed by atoms with Crippen LogP contribution in [0.2, 0.25) is 0 Å². The number of halogens is 4. The van der Waals surface area contributed by atoms with E-state index in [1.807, 2.05) is 0 Å². The summed E-state index contributed by atoms with van der Waals surface area (Å²) in [7, 11) is 0. The van der Waals surface area contributed by atoms with E-state index in [1.165, 1.54) is 12.1 Å². The van der Waals surface area contributed by atoms with Gasteiger partial charge in [-0.05, 0) is 18.6 Å². The molecule has 0 atom stereocenters. The second-order valence-electron chi connectivity index (χ2n) is 4.43. The topological polar surface area (TPSA) is 55.1 Å². The predicted octanol–water partition coefficient (Wildman–Crippen LogP) is 3.69. The summed E-state index contributed by atoms with van der Waals surface area (Å²) in [4.78, 5) is 12.0. The fourth-order valence-corrected chi connectivity index (χ4v) is 2.92. The summed E-state index contributed by atoms with van der Waals surface area (Å²) in [5.41, 5.74) is 5.76. The zero-order valence-electron chi connectivity index (χ0n) is 10.8. The molecule has 0 saturated carbocycles. The smallest absolute Gasteiger partial charge is 0.389 e. The highest BCUT2D eigenvalue weighted by Crippen LogP contribution is 2.35. The summed E-state index contributed by atoms with van der Waals surface area (Å²) < 4.78 is 50.1. The third-order valence-corrected chi connectivity index (χ3v) is 4.00. The first kappa shape index (κ1) is 15.6. The van der Waals surface area contributed by atoms with E-state index in [-0.39, 0.29) is 28.9 Å². The Labute approximate surface area is 121 Å². The number of amides is 1. The molecule has 2 rings (SSSR count). The molecule has 1 aromatic carbocycles. The van der Waals surface area contributed by atoms with Gasteiger partial charge in [-0.25, -0.2) is 4.39 Å². The molecule has 2 aromatic rings. The van der Waals surface area contributed by atoms with Crippen LogP contribution in [0.15, 0.2) is 18.2 Å². The number of fused-ring (bicyclic) bond motifs is 1. The fraction of sp³-hybridized carbons (Fsp3) is 0.308. The maximum absolute atomic E-state index is 13.6. The van der Waals surface area contributed by atoms with Crippen LogP contribution in [0.5, 0.6) is 0 Å². The van der Waals surface area contributed by atoms with Crippen LogP contribution in [0, 0.1) is 5.82 Å². The van der Waals surface area contributed by atoms with Crippen LogP contribution in [0.1, 0.15) is 22.5 Å². The lowest BCUT2D eigenvalue weighted by molar-refractivity contribution is -0.135. The number of benzene rings is 1. The summed E-state index contributed by atoms with van der Waals surface area (Å²) >= 11 is 1.01. The van der Waals surface area contributed by atoms with Crippen LogP contribution in [0.3, 0.4) is 0 Å². The molecule has 0 spiro atoms. The van der Waals surface area contributed by atoms with Gasteiger partial charge in [0.2, 0.25) is 0 Å². The van der Waals surface area contributed by atoms with Crippen molar-refractivity contribution in [3.63, 3.8) is 0 Å². The van der Waals surface area contributed by atoms with E-state index in [0.717, 1.165) is 11.3 Å². The monoisotopic (exact) mass is 320 g/mol. The van der Waals surface area contributed by atoms with Gasteiger partial charge in [0, 0.05) is 17.7 Å². The molecule has 1 heterocycles.